The Bertz CT molecular complexity index is 713. The molecule has 0 spiro atoms. The molecule has 0 unspecified atom stereocenters. The molecule has 4 rings (SSSR count). The molecule has 24 heavy (non-hydrogen) atoms. The van der Waals surface area contributed by atoms with Crippen LogP contribution >= 0.6 is 23.5 Å². The molecule has 2 aliphatic heterocycles. The molecule has 128 valence electrons. The van der Waals surface area contributed by atoms with E-state index < -0.39 is 0 Å². The van der Waals surface area contributed by atoms with E-state index in [1.807, 2.05) is 23.1 Å². The van der Waals surface area contributed by atoms with Gasteiger partial charge in [-0.2, -0.15) is 20.5 Å². The lowest BCUT2D eigenvalue weighted by Crippen LogP contribution is -2.41. The second-order valence-electron chi connectivity index (χ2n) is 6.49. The highest BCUT2D eigenvalue weighted by Crippen LogP contribution is 2.23. The van der Waals surface area contributed by atoms with Crippen molar-refractivity contribution in [1.82, 2.24) is 18.5 Å². The van der Waals surface area contributed by atoms with Gasteiger partial charge in [-0.1, -0.05) is 0 Å². The fourth-order valence-electron chi connectivity index (χ4n) is 3.65. The zero-order chi connectivity index (χ0) is 16.4. The van der Waals surface area contributed by atoms with E-state index >= 15 is 0 Å². The summed E-state index contributed by atoms with van der Waals surface area (Å²) in [4.78, 5) is 17.5. The number of amides is 1. The number of benzene rings is 1. The second-order valence-corrected chi connectivity index (χ2v) is 8.25. The second kappa shape index (κ2) is 7.37. The van der Waals surface area contributed by atoms with E-state index in [9.17, 15) is 4.79 Å². The van der Waals surface area contributed by atoms with E-state index in [4.69, 9.17) is 0 Å². The van der Waals surface area contributed by atoms with Gasteiger partial charge in [0.15, 0.2) is 0 Å². The average Bonchev–Trinajstić information content (AvgIpc) is 2.96. The molecule has 5 nitrogen and oxygen atoms in total. The van der Waals surface area contributed by atoms with Crippen molar-refractivity contribution in [2.24, 2.45) is 0 Å². The summed E-state index contributed by atoms with van der Waals surface area (Å²) in [5, 5.41) is 0. The number of nitrogens with zero attached hydrogens (tertiary/aromatic N) is 4. The summed E-state index contributed by atoms with van der Waals surface area (Å²) < 4.78 is 8.45. The SMILES string of the molecule is O=C(c1ccc2nsnc2c1)N1CCCN(C2CCSCC2)CC1. The lowest BCUT2D eigenvalue weighted by Gasteiger charge is -2.33. The van der Waals surface area contributed by atoms with Crippen molar-refractivity contribution in [3.05, 3.63) is 23.8 Å². The standard InChI is InChI=1S/C17H22N4OS2/c22-17(13-2-3-15-16(12-13)19-24-18-15)21-7-1-6-20(8-9-21)14-4-10-23-11-5-14/h2-3,12,14H,1,4-11H2. The van der Waals surface area contributed by atoms with Crippen LogP contribution in [-0.2, 0) is 0 Å². The summed E-state index contributed by atoms with van der Waals surface area (Å²) in [7, 11) is 0. The predicted octanol–water partition coefficient (Wildman–Crippen LogP) is 2.73. The van der Waals surface area contributed by atoms with E-state index in [1.165, 1.54) is 36.1 Å². The van der Waals surface area contributed by atoms with Crippen LogP contribution in [0.5, 0.6) is 0 Å². The van der Waals surface area contributed by atoms with Crippen molar-refractivity contribution < 1.29 is 4.79 Å². The number of fused-ring (bicyclic) bond motifs is 1. The van der Waals surface area contributed by atoms with Crippen LogP contribution in [0.1, 0.15) is 29.6 Å². The Kier molecular flexibility index (Phi) is 5.01. The monoisotopic (exact) mass is 362 g/mol. The van der Waals surface area contributed by atoms with Crippen LogP contribution in [0.3, 0.4) is 0 Å². The van der Waals surface area contributed by atoms with Gasteiger partial charge in [0.05, 0.1) is 11.7 Å². The Hall–Kier alpha value is -1.18. The first kappa shape index (κ1) is 16.3. The Balaban J connectivity index is 1.43. The number of rotatable bonds is 2. The van der Waals surface area contributed by atoms with Gasteiger partial charge in [-0.15, -0.1) is 0 Å². The lowest BCUT2D eigenvalue weighted by atomic mass is 10.1. The fourth-order valence-corrected chi connectivity index (χ4v) is 5.25. The highest BCUT2D eigenvalue weighted by atomic mass is 32.2. The van der Waals surface area contributed by atoms with Crippen molar-refractivity contribution in [2.45, 2.75) is 25.3 Å². The predicted molar refractivity (Wildman–Crippen MR) is 99.9 cm³/mol. The largest absolute Gasteiger partial charge is 0.337 e. The van der Waals surface area contributed by atoms with Crippen molar-refractivity contribution in [3.8, 4) is 0 Å². The zero-order valence-corrected chi connectivity index (χ0v) is 15.3. The van der Waals surface area contributed by atoms with Crippen LogP contribution in [0.4, 0.5) is 0 Å². The number of carbonyl (C=O) groups excluding carboxylic acids is 1. The molecule has 7 heteroatoms. The van der Waals surface area contributed by atoms with Crippen LogP contribution in [0.15, 0.2) is 18.2 Å². The molecule has 0 N–H and O–H groups in total. The molecular weight excluding hydrogens is 340 g/mol. The van der Waals surface area contributed by atoms with Crippen molar-refractivity contribution in [3.63, 3.8) is 0 Å². The molecule has 2 aromatic rings. The summed E-state index contributed by atoms with van der Waals surface area (Å²) in [5.74, 6) is 2.70. The summed E-state index contributed by atoms with van der Waals surface area (Å²) in [6.45, 7) is 3.80. The first-order chi connectivity index (χ1) is 11.8. The first-order valence-electron chi connectivity index (χ1n) is 8.65. The molecule has 0 radical (unpaired) electrons. The number of carbonyl (C=O) groups is 1. The van der Waals surface area contributed by atoms with Gasteiger partial charge in [0, 0.05) is 37.8 Å². The molecular formula is C17H22N4OS2. The lowest BCUT2D eigenvalue weighted by molar-refractivity contribution is 0.0757. The van der Waals surface area contributed by atoms with E-state index in [-0.39, 0.29) is 5.91 Å². The van der Waals surface area contributed by atoms with Crippen LogP contribution in [-0.4, -0.2) is 68.2 Å². The topological polar surface area (TPSA) is 49.3 Å². The van der Waals surface area contributed by atoms with Gasteiger partial charge in [0.1, 0.15) is 11.0 Å². The minimum Gasteiger partial charge on any atom is -0.337 e. The maximum atomic E-state index is 12.9. The van der Waals surface area contributed by atoms with Gasteiger partial charge in [-0.25, -0.2) is 0 Å². The fraction of sp³-hybridized carbons (Fsp3) is 0.588. The zero-order valence-electron chi connectivity index (χ0n) is 13.7. The van der Waals surface area contributed by atoms with Crippen LogP contribution in [0.2, 0.25) is 0 Å². The molecule has 1 aromatic heterocycles. The third-order valence-corrected chi connectivity index (χ3v) is 6.63. The van der Waals surface area contributed by atoms with Gasteiger partial charge in [-0.3, -0.25) is 9.69 Å². The molecule has 3 heterocycles. The summed E-state index contributed by atoms with van der Waals surface area (Å²) >= 11 is 3.27. The number of hydrogen-bond acceptors (Lipinski definition) is 6. The number of hydrogen-bond donors (Lipinski definition) is 0. The van der Waals surface area contributed by atoms with Crippen LogP contribution < -0.4 is 0 Å². The average molecular weight is 363 g/mol. The van der Waals surface area contributed by atoms with E-state index in [0.717, 1.165) is 55.2 Å². The van der Waals surface area contributed by atoms with Crippen molar-refractivity contribution >= 4 is 40.4 Å². The van der Waals surface area contributed by atoms with Gasteiger partial charge >= 0.3 is 0 Å². The van der Waals surface area contributed by atoms with E-state index in [1.54, 1.807) is 0 Å². The molecule has 0 aliphatic carbocycles. The molecule has 2 saturated heterocycles. The smallest absolute Gasteiger partial charge is 0.253 e. The van der Waals surface area contributed by atoms with Crippen molar-refractivity contribution in [2.75, 3.05) is 37.7 Å². The maximum absolute atomic E-state index is 12.9. The highest BCUT2D eigenvalue weighted by Gasteiger charge is 2.26. The van der Waals surface area contributed by atoms with Gasteiger partial charge in [-0.05, 0) is 49.0 Å². The molecule has 1 amide bonds. The quantitative estimate of drug-likeness (QED) is 0.822. The van der Waals surface area contributed by atoms with Gasteiger partial charge in [0.25, 0.3) is 5.91 Å². The molecule has 0 atom stereocenters. The van der Waals surface area contributed by atoms with Crippen LogP contribution in [0.25, 0.3) is 11.0 Å². The normalized spacial score (nSPS) is 21.1. The number of aromatic nitrogens is 2. The molecule has 2 fully saturated rings. The minimum absolute atomic E-state index is 0.131. The van der Waals surface area contributed by atoms with Crippen molar-refractivity contribution in [1.29, 1.82) is 0 Å². The first-order valence-corrected chi connectivity index (χ1v) is 10.5. The molecule has 0 bridgehead atoms. The number of thioether (sulfide) groups is 1. The third-order valence-electron chi connectivity index (χ3n) is 5.03. The highest BCUT2D eigenvalue weighted by molar-refractivity contribution is 7.99. The Morgan fingerprint density at radius 1 is 1.04 bits per heavy atom. The Labute approximate surface area is 150 Å². The molecule has 1 aromatic carbocycles. The van der Waals surface area contributed by atoms with Gasteiger partial charge < -0.3 is 4.90 Å². The molecule has 0 saturated carbocycles. The Morgan fingerprint density at radius 3 is 2.75 bits per heavy atom. The van der Waals surface area contributed by atoms with Gasteiger partial charge in [0.2, 0.25) is 0 Å². The Morgan fingerprint density at radius 2 is 1.88 bits per heavy atom. The third kappa shape index (κ3) is 3.43. The van der Waals surface area contributed by atoms with E-state index in [2.05, 4.69) is 25.4 Å². The summed E-state index contributed by atoms with van der Waals surface area (Å²) in [6.07, 6.45) is 3.66. The summed E-state index contributed by atoms with van der Waals surface area (Å²) in [5.41, 5.74) is 2.42. The van der Waals surface area contributed by atoms with E-state index in [0.29, 0.717) is 0 Å². The molecule has 2 aliphatic rings. The van der Waals surface area contributed by atoms with Crippen LogP contribution in [0, 0.1) is 0 Å². The maximum Gasteiger partial charge on any atom is 0.253 e. The summed E-state index contributed by atoms with van der Waals surface area (Å²) in [6, 6.07) is 6.38. The minimum atomic E-state index is 0.131.